The predicted molar refractivity (Wildman–Crippen MR) is 111 cm³/mol. The summed E-state index contributed by atoms with van der Waals surface area (Å²) >= 11 is 3.44. The lowest BCUT2D eigenvalue weighted by molar-refractivity contribution is 0.440. The lowest BCUT2D eigenvalue weighted by Gasteiger charge is -2.14. The number of hydrogen-bond donors (Lipinski definition) is 1. The third kappa shape index (κ3) is 3.55. The summed E-state index contributed by atoms with van der Waals surface area (Å²) in [6.07, 6.45) is 1.68. The number of anilines is 2. The van der Waals surface area contributed by atoms with Crippen LogP contribution in [0.2, 0.25) is 0 Å². The predicted octanol–water partition coefficient (Wildman–Crippen LogP) is 5.52. The van der Waals surface area contributed by atoms with Gasteiger partial charge in [-0.1, -0.05) is 15.9 Å². The summed E-state index contributed by atoms with van der Waals surface area (Å²) in [7, 11) is 0. The maximum atomic E-state index is 9.15. The van der Waals surface area contributed by atoms with Gasteiger partial charge in [0, 0.05) is 22.3 Å². The molecule has 138 valence electrons. The van der Waals surface area contributed by atoms with Crippen LogP contribution in [0.1, 0.15) is 16.7 Å². The highest BCUT2D eigenvalue weighted by Gasteiger charge is 2.13. The molecule has 0 atom stereocenters. The molecule has 0 fully saturated rings. The van der Waals surface area contributed by atoms with Crippen LogP contribution in [0.15, 0.2) is 59.2 Å². The molecule has 1 N–H and O–H groups in total. The van der Waals surface area contributed by atoms with Gasteiger partial charge in [-0.2, -0.15) is 14.9 Å². The Balaban J connectivity index is 1.74. The zero-order valence-electron chi connectivity index (χ0n) is 15.3. The summed E-state index contributed by atoms with van der Waals surface area (Å²) in [5.74, 6) is 1.89. The van der Waals surface area contributed by atoms with Gasteiger partial charge in [-0.3, -0.25) is 0 Å². The highest BCUT2D eigenvalue weighted by Crippen LogP contribution is 2.31. The van der Waals surface area contributed by atoms with Gasteiger partial charge in [-0.05, 0) is 61.4 Å². The minimum Gasteiger partial charge on any atom is -0.438 e. The molecule has 0 aliphatic rings. The normalized spacial score (nSPS) is 10.6. The second kappa shape index (κ2) is 7.33. The van der Waals surface area contributed by atoms with Gasteiger partial charge in [0.15, 0.2) is 5.65 Å². The monoisotopic (exact) mass is 433 g/mol. The van der Waals surface area contributed by atoms with E-state index in [1.165, 1.54) is 0 Å². The van der Waals surface area contributed by atoms with Crippen molar-refractivity contribution in [3.63, 3.8) is 0 Å². The van der Waals surface area contributed by atoms with Gasteiger partial charge in [-0.15, -0.1) is 0 Å². The number of fused-ring (bicyclic) bond motifs is 1. The average molecular weight is 434 g/mol. The minimum atomic E-state index is 0.533. The molecular formula is C21H16BrN5O. The molecule has 0 saturated heterocycles. The minimum absolute atomic E-state index is 0.533. The number of ether oxygens (including phenoxy) is 1. The number of nitrogens with one attached hydrogen (secondary N) is 1. The first-order valence-corrected chi connectivity index (χ1v) is 9.39. The number of nitriles is 1. The Morgan fingerprint density at radius 2 is 1.79 bits per heavy atom. The van der Waals surface area contributed by atoms with Crippen LogP contribution < -0.4 is 10.1 Å². The molecule has 0 bridgehead atoms. The Morgan fingerprint density at radius 3 is 2.46 bits per heavy atom. The molecule has 0 saturated carbocycles. The third-order valence-corrected chi connectivity index (χ3v) is 4.77. The van der Waals surface area contributed by atoms with Crippen LogP contribution in [0.5, 0.6) is 11.6 Å². The van der Waals surface area contributed by atoms with E-state index in [9.17, 15) is 0 Å². The van der Waals surface area contributed by atoms with E-state index in [2.05, 4.69) is 37.4 Å². The number of nitrogens with zero attached hydrogens (tertiary/aromatic N) is 4. The van der Waals surface area contributed by atoms with E-state index >= 15 is 0 Å². The van der Waals surface area contributed by atoms with Crippen molar-refractivity contribution in [2.24, 2.45) is 0 Å². The smallest absolute Gasteiger partial charge is 0.226 e. The van der Waals surface area contributed by atoms with Crippen LogP contribution in [0.25, 0.3) is 5.65 Å². The summed E-state index contributed by atoms with van der Waals surface area (Å²) < 4.78 is 8.86. The van der Waals surface area contributed by atoms with Crippen LogP contribution in [-0.2, 0) is 0 Å². The molecular weight excluding hydrogens is 418 g/mol. The molecule has 4 aromatic rings. The summed E-state index contributed by atoms with van der Waals surface area (Å²) in [5, 5.41) is 16.8. The fourth-order valence-electron chi connectivity index (χ4n) is 2.98. The number of rotatable bonds is 4. The number of benzene rings is 2. The highest BCUT2D eigenvalue weighted by molar-refractivity contribution is 9.10. The summed E-state index contributed by atoms with van der Waals surface area (Å²) in [4.78, 5) is 4.58. The maximum absolute atomic E-state index is 9.15. The first kappa shape index (κ1) is 18.0. The van der Waals surface area contributed by atoms with Crippen LogP contribution in [-0.4, -0.2) is 14.6 Å². The molecule has 0 aliphatic carbocycles. The van der Waals surface area contributed by atoms with Gasteiger partial charge in [0.1, 0.15) is 11.6 Å². The Bertz CT molecular complexity index is 1180. The molecule has 7 heteroatoms. The molecule has 28 heavy (non-hydrogen) atoms. The van der Waals surface area contributed by atoms with E-state index in [4.69, 9.17) is 10.00 Å². The van der Waals surface area contributed by atoms with Gasteiger partial charge in [0.05, 0.1) is 17.8 Å². The lowest BCUT2D eigenvalue weighted by Crippen LogP contribution is -2.02. The Labute approximate surface area is 170 Å². The van der Waals surface area contributed by atoms with Gasteiger partial charge in [0.2, 0.25) is 5.88 Å². The van der Waals surface area contributed by atoms with Crippen LogP contribution in [0.4, 0.5) is 11.5 Å². The van der Waals surface area contributed by atoms with Crippen molar-refractivity contribution in [2.45, 2.75) is 13.8 Å². The number of hydrogen-bond acceptors (Lipinski definition) is 5. The lowest BCUT2D eigenvalue weighted by atomic mass is 10.1. The second-order valence-electron chi connectivity index (χ2n) is 6.37. The average Bonchev–Trinajstić information content (AvgIpc) is 3.15. The molecule has 0 spiro atoms. The fourth-order valence-corrected chi connectivity index (χ4v) is 3.25. The molecule has 4 rings (SSSR count). The number of aromatic nitrogens is 3. The van der Waals surface area contributed by atoms with Crippen LogP contribution >= 0.6 is 15.9 Å². The van der Waals surface area contributed by atoms with Crippen LogP contribution in [0.3, 0.4) is 0 Å². The summed E-state index contributed by atoms with van der Waals surface area (Å²) in [6, 6.07) is 17.2. The van der Waals surface area contributed by atoms with Gasteiger partial charge in [-0.25, -0.2) is 4.98 Å². The Hall–Kier alpha value is -3.37. The molecule has 2 aromatic heterocycles. The number of aryl methyl sites for hydroxylation is 2. The number of halogens is 1. The summed E-state index contributed by atoms with van der Waals surface area (Å²) in [5.41, 5.74) is 3.96. The SMILES string of the molecule is Cc1cc(C#N)cc(C)c1Oc1cc(Nc2ccc(Br)cc2)nc2ccnn12. The zero-order chi connectivity index (χ0) is 19.7. The highest BCUT2D eigenvalue weighted by atomic mass is 79.9. The molecule has 2 heterocycles. The van der Waals surface area contributed by atoms with E-state index in [1.54, 1.807) is 16.8 Å². The largest absolute Gasteiger partial charge is 0.438 e. The van der Waals surface area contributed by atoms with E-state index < -0.39 is 0 Å². The van der Waals surface area contributed by atoms with Crippen molar-refractivity contribution in [1.82, 2.24) is 14.6 Å². The van der Waals surface area contributed by atoms with E-state index in [0.29, 0.717) is 28.7 Å². The molecule has 0 unspecified atom stereocenters. The van der Waals surface area contributed by atoms with Crippen molar-refractivity contribution in [3.05, 3.63) is 75.9 Å². The first-order valence-electron chi connectivity index (χ1n) is 8.60. The second-order valence-corrected chi connectivity index (χ2v) is 7.28. The van der Waals surface area contributed by atoms with Gasteiger partial charge in [0.25, 0.3) is 0 Å². The fraction of sp³-hybridized carbons (Fsp3) is 0.0952. The van der Waals surface area contributed by atoms with Crippen molar-refractivity contribution in [3.8, 4) is 17.7 Å². The van der Waals surface area contributed by atoms with E-state index in [1.807, 2.05) is 56.3 Å². The molecule has 0 amide bonds. The van der Waals surface area contributed by atoms with Crippen LogP contribution in [0, 0.1) is 25.2 Å². The Kier molecular flexibility index (Phi) is 4.72. The molecule has 2 aromatic carbocycles. The molecule has 6 nitrogen and oxygen atoms in total. The van der Waals surface area contributed by atoms with E-state index in [-0.39, 0.29) is 0 Å². The molecule has 0 radical (unpaired) electrons. The summed E-state index contributed by atoms with van der Waals surface area (Å²) in [6.45, 7) is 3.84. The third-order valence-electron chi connectivity index (χ3n) is 4.24. The molecule has 0 aliphatic heterocycles. The van der Waals surface area contributed by atoms with Gasteiger partial charge < -0.3 is 10.1 Å². The first-order chi connectivity index (χ1) is 13.5. The van der Waals surface area contributed by atoms with Crippen molar-refractivity contribution in [2.75, 3.05) is 5.32 Å². The van der Waals surface area contributed by atoms with E-state index in [0.717, 1.165) is 21.3 Å². The van der Waals surface area contributed by atoms with Crippen molar-refractivity contribution < 1.29 is 4.74 Å². The topological polar surface area (TPSA) is 75.2 Å². The maximum Gasteiger partial charge on any atom is 0.226 e. The Morgan fingerprint density at radius 1 is 1.07 bits per heavy atom. The standard InChI is InChI=1S/C21H16BrN5O/c1-13-9-15(12-23)10-14(2)21(13)28-20-11-18(26-19-7-8-24-27(19)20)25-17-5-3-16(22)4-6-17/h3-11H,1-2H3,(H,25,26). The van der Waals surface area contributed by atoms with Crippen molar-refractivity contribution >= 4 is 33.1 Å². The van der Waals surface area contributed by atoms with Crippen molar-refractivity contribution in [1.29, 1.82) is 5.26 Å². The van der Waals surface area contributed by atoms with Gasteiger partial charge >= 0.3 is 0 Å². The zero-order valence-corrected chi connectivity index (χ0v) is 16.9. The quantitative estimate of drug-likeness (QED) is 0.458.